The van der Waals surface area contributed by atoms with Crippen LogP contribution in [0.25, 0.3) is 0 Å². The summed E-state index contributed by atoms with van der Waals surface area (Å²) >= 11 is 5.62. The number of carbonyl (C=O) groups is 1. The van der Waals surface area contributed by atoms with E-state index in [2.05, 4.69) is 4.98 Å². The number of Topliss-reactive ketones (excluding diaryl/α,β-unsaturated/α-hetero) is 1. The lowest BCUT2D eigenvalue weighted by molar-refractivity contribution is 0.0973. The summed E-state index contributed by atoms with van der Waals surface area (Å²) in [7, 11) is 0. The number of nitrogens with zero attached hydrogens (tertiary/aromatic N) is 2. The second-order valence-corrected chi connectivity index (χ2v) is 4.24. The first kappa shape index (κ1) is 13.2. The van der Waals surface area contributed by atoms with Crippen molar-refractivity contribution in [1.29, 1.82) is 5.26 Å². The fourth-order valence-electron chi connectivity index (χ4n) is 1.65. The van der Waals surface area contributed by atoms with E-state index in [1.54, 1.807) is 18.2 Å². The zero-order chi connectivity index (χ0) is 13.8. The molecular weight excluding hydrogens is 267 g/mol. The largest absolute Gasteiger partial charge is 0.292 e. The highest BCUT2D eigenvalue weighted by molar-refractivity contribution is 6.30. The summed E-state index contributed by atoms with van der Waals surface area (Å²) in [4.78, 5) is 16.1. The van der Waals surface area contributed by atoms with Crippen LogP contribution in [0.15, 0.2) is 42.6 Å². The molecule has 0 fully saturated rings. The van der Waals surface area contributed by atoms with E-state index in [1.165, 1.54) is 18.3 Å². The maximum atomic E-state index is 13.7. The molecule has 0 bridgehead atoms. The Morgan fingerprint density at radius 2 is 2.16 bits per heavy atom. The molecule has 0 amide bonds. The summed E-state index contributed by atoms with van der Waals surface area (Å²) in [5.41, 5.74) is 0.131. The molecule has 0 aliphatic carbocycles. The predicted molar refractivity (Wildman–Crippen MR) is 68.3 cm³/mol. The summed E-state index contributed by atoms with van der Waals surface area (Å²) in [6.07, 6.45) is 1.48. The molecule has 1 aromatic heterocycles. The number of benzene rings is 1. The monoisotopic (exact) mass is 274 g/mol. The molecular formula is C14H8ClFN2O. The predicted octanol–water partition coefficient (Wildman–Crippen LogP) is 3.36. The summed E-state index contributed by atoms with van der Waals surface area (Å²) in [6.45, 7) is 0. The highest BCUT2D eigenvalue weighted by Gasteiger charge is 2.25. The average Bonchev–Trinajstić information content (AvgIpc) is 2.40. The smallest absolute Gasteiger partial charge is 0.189 e. The van der Waals surface area contributed by atoms with Gasteiger partial charge in [-0.3, -0.25) is 9.78 Å². The minimum Gasteiger partial charge on any atom is -0.292 e. The maximum absolute atomic E-state index is 13.7. The van der Waals surface area contributed by atoms with Crippen LogP contribution >= 0.6 is 11.6 Å². The van der Waals surface area contributed by atoms with E-state index in [0.717, 1.165) is 6.07 Å². The third-order valence-corrected chi connectivity index (χ3v) is 2.81. The zero-order valence-corrected chi connectivity index (χ0v) is 10.4. The zero-order valence-electron chi connectivity index (χ0n) is 9.68. The molecule has 2 aromatic rings. The van der Waals surface area contributed by atoms with E-state index in [4.69, 9.17) is 16.9 Å². The molecule has 0 N–H and O–H groups in total. The van der Waals surface area contributed by atoms with Gasteiger partial charge in [0, 0.05) is 11.2 Å². The summed E-state index contributed by atoms with van der Waals surface area (Å²) in [5.74, 6) is -2.50. The van der Waals surface area contributed by atoms with Gasteiger partial charge in [0.15, 0.2) is 11.7 Å². The molecule has 0 aliphatic heterocycles. The molecule has 0 aliphatic rings. The molecule has 1 aromatic carbocycles. The summed E-state index contributed by atoms with van der Waals surface area (Å²) in [6, 6.07) is 10.5. The SMILES string of the molecule is N#CC(C(=O)c1ccc(Cl)cc1F)c1ccccn1. The number of rotatable bonds is 3. The van der Waals surface area contributed by atoms with Crippen LogP contribution in [0.4, 0.5) is 4.39 Å². The van der Waals surface area contributed by atoms with Crippen LogP contribution in [-0.4, -0.2) is 10.8 Å². The van der Waals surface area contributed by atoms with Gasteiger partial charge in [0.1, 0.15) is 5.82 Å². The van der Waals surface area contributed by atoms with Gasteiger partial charge in [-0.05, 0) is 30.3 Å². The van der Waals surface area contributed by atoms with E-state index in [-0.39, 0.29) is 10.6 Å². The van der Waals surface area contributed by atoms with Crippen LogP contribution in [-0.2, 0) is 0 Å². The first-order chi connectivity index (χ1) is 9.13. The first-order valence-electron chi connectivity index (χ1n) is 5.43. The molecule has 0 saturated carbocycles. The Morgan fingerprint density at radius 3 is 2.74 bits per heavy atom. The molecule has 0 spiro atoms. The topological polar surface area (TPSA) is 53.8 Å². The Kier molecular flexibility index (Phi) is 3.88. The lowest BCUT2D eigenvalue weighted by Crippen LogP contribution is -2.14. The van der Waals surface area contributed by atoms with Crippen molar-refractivity contribution in [3.63, 3.8) is 0 Å². The molecule has 1 heterocycles. The van der Waals surface area contributed by atoms with Crippen molar-refractivity contribution in [3.8, 4) is 6.07 Å². The van der Waals surface area contributed by atoms with E-state index < -0.39 is 17.5 Å². The van der Waals surface area contributed by atoms with Gasteiger partial charge >= 0.3 is 0 Å². The van der Waals surface area contributed by atoms with Gasteiger partial charge in [-0.2, -0.15) is 5.26 Å². The lowest BCUT2D eigenvalue weighted by atomic mass is 9.95. The van der Waals surface area contributed by atoms with E-state index in [9.17, 15) is 9.18 Å². The Bertz CT molecular complexity index is 652. The summed E-state index contributed by atoms with van der Waals surface area (Å²) < 4.78 is 13.7. The quantitative estimate of drug-likeness (QED) is 0.807. The molecule has 1 atom stereocenters. The number of pyridine rings is 1. The number of ketones is 1. The van der Waals surface area contributed by atoms with E-state index >= 15 is 0 Å². The van der Waals surface area contributed by atoms with Gasteiger partial charge in [0.05, 0.1) is 17.3 Å². The van der Waals surface area contributed by atoms with Gasteiger partial charge in [-0.15, -0.1) is 0 Å². The molecule has 2 rings (SSSR count). The van der Waals surface area contributed by atoms with Crippen molar-refractivity contribution < 1.29 is 9.18 Å². The van der Waals surface area contributed by atoms with Gasteiger partial charge in [0.2, 0.25) is 0 Å². The minimum absolute atomic E-state index is 0.165. The minimum atomic E-state index is -1.13. The Morgan fingerprint density at radius 1 is 1.37 bits per heavy atom. The van der Waals surface area contributed by atoms with Gasteiger partial charge in [-0.25, -0.2) is 4.39 Å². The van der Waals surface area contributed by atoms with Crippen molar-refractivity contribution in [1.82, 2.24) is 4.98 Å². The molecule has 3 nitrogen and oxygen atoms in total. The van der Waals surface area contributed by atoms with E-state index in [0.29, 0.717) is 5.69 Å². The highest BCUT2D eigenvalue weighted by Crippen LogP contribution is 2.22. The maximum Gasteiger partial charge on any atom is 0.189 e. The van der Waals surface area contributed by atoms with Crippen molar-refractivity contribution in [2.75, 3.05) is 0 Å². The summed E-state index contributed by atoms with van der Waals surface area (Å²) in [5, 5.41) is 9.29. The molecule has 94 valence electrons. The van der Waals surface area contributed by atoms with E-state index in [1.807, 2.05) is 6.07 Å². The molecule has 1 unspecified atom stereocenters. The molecule has 0 saturated heterocycles. The third-order valence-electron chi connectivity index (χ3n) is 2.57. The van der Waals surface area contributed by atoms with Crippen LogP contribution in [0.2, 0.25) is 5.02 Å². The standard InChI is InChI=1S/C14H8ClFN2O/c15-9-4-5-10(12(16)7-9)14(19)11(8-17)13-3-1-2-6-18-13/h1-7,11H. The van der Waals surface area contributed by atoms with Crippen molar-refractivity contribution in [2.45, 2.75) is 5.92 Å². The Balaban J connectivity index is 2.40. The number of nitriles is 1. The van der Waals surface area contributed by atoms with Gasteiger partial charge < -0.3 is 0 Å². The van der Waals surface area contributed by atoms with Crippen molar-refractivity contribution >= 4 is 17.4 Å². The number of halogens is 2. The second kappa shape index (κ2) is 5.59. The van der Waals surface area contributed by atoms with Gasteiger partial charge in [-0.1, -0.05) is 17.7 Å². The van der Waals surface area contributed by atoms with Crippen LogP contribution in [0.5, 0.6) is 0 Å². The fraction of sp³-hybridized carbons (Fsp3) is 0.0714. The number of hydrogen-bond donors (Lipinski definition) is 0. The average molecular weight is 275 g/mol. The fourth-order valence-corrected chi connectivity index (χ4v) is 1.81. The molecule has 5 heteroatoms. The molecule has 0 radical (unpaired) electrons. The third kappa shape index (κ3) is 2.78. The van der Waals surface area contributed by atoms with Crippen LogP contribution in [0.3, 0.4) is 0 Å². The van der Waals surface area contributed by atoms with Gasteiger partial charge in [0.25, 0.3) is 0 Å². The normalized spacial score (nSPS) is 11.6. The van der Waals surface area contributed by atoms with Crippen molar-refractivity contribution in [3.05, 3.63) is 64.7 Å². The first-order valence-corrected chi connectivity index (χ1v) is 5.81. The van der Waals surface area contributed by atoms with Crippen LogP contribution in [0, 0.1) is 17.1 Å². The van der Waals surface area contributed by atoms with Crippen molar-refractivity contribution in [2.24, 2.45) is 0 Å². The number of carbonyl (C=O) groups excluding carboxylic acids is 1. The lowest BCUT2D eigenvalue weighted by Gasteiger charge is -2.08. The number of hydrogen-bond acceptors (Lipinski definition) is 3. The van der Waals surface area contributed by atoms with Crippen LogP contribution < -0.4 is 0 Å². The molecule has 19 heavy (non-hydrogen) atoms. The second-order valence-electron chi connectivity index (χ2n) is 3.81. The highest BCUT2D eigenvalue weighted by atomic mass is 35.5. The Labute approximate surface area is 114 Å². The van der Waals surface area contributed by atoms with Crippen LogP contribution in [0.1, 0.15) is 22.0 Å². The number of aromatic nitrogens is 1. The Hall–Kier alpha value is -2.25.